The smallest absolute Gasteiger partial charge is 0.263 e. The Kier molecular flexibility index (Phi) is 5.17. The van der Waals surface area contributed by atoms with Gasteiger partial charge in [-0.3, -0.25) is 4.79 Å². The number of hydrogen-bond acceptors (Lipinski definition) is 7. The van der Waals surface area contributed by atoms with Gasteiger partial charge in [-0.25, -0.2) is 9.37 Å². The van der Waals surface area contributed by atoms with Crippen molar-refractivity contribution in [2.45, 2.75) is 19.8 Å². The molecule has 0 spiro atoms. The van der Waals surface area contributed by atoms with E-state index in [1.54, 1.807) is 12.1 Å². The molecule has 2 aromatic heterocycles. The number of nitrogens with zero attached hydrogens (tertiary/aromatic N) is 6. The number of hydrogen-bond donors (Lipinski definition) is 0. The Labute approximate surface area is 179 Å². The van der Waals surface area contributed by atoms with E-state index in [2.05, 4.69) is 24.9 Å². The third-order valence-corrected chi connectivity index (χ3v) is 6.28. The van der Waals surface area contributed by atoms with Gasteiger partial charge in [-0.2, -0.15) is 4.98 Å². The van der Waals surface area contributed by atoms with Crippen LogP contribution in [0.15, 0.2) is 35.1 Å². The normalized spacial score (nSPS) is 19.8. The summed E-state index contributed by atoms with van der Waals surface area (Å²) in [4.78, 5) is 28.2. The van der Waals surface area contributed by atoms with Gasteiger partial charge in [0.05, 0.1) is 11.6 Å². The summed E-state index contributed by atoms with van der Waals surface area (Å²) in [5.74, 6) is 0.705. The SMILES string of the molecule is Cc1noc2ncnc(N3CCCC(C(=O)N4CCN(c5ccc(F)cc5)CC4)C3)c12. The first kappa shape index (κ1) is 19.7. The average molecular weight is 424 g/mol. The molecule has 2 saturated heterocycles. The van der Waals surface area contributed by atoms with Crippen LogP contribution in [0.25, 0.3) is 11.1 Å². The zero-order chi connectivity index (χ0) is 21.4. The Morgan fingerprint density at radius 3 is 2.61 bits per heavy atom. The van der Waals surface area contributed by atoms with E-state index in [1.807, 2.05) is 11.8 Å². The fourth-order valence-electron chi connectivity index (χ4n) is 4.61. The van der Waals surface area contributed by atoms with E-state index >= 15 is 0 Å². The van der Waals surface area contributed by atoms with Crippen molar-refractivity contribution in [3.05, 3.63) is 42.1 Å². The van der Waals surface area contributed by atoms with E-state index in [4.69, 9.17) is 4.52 Å². The number of piperazine rings is 1. The number of halogens is 1. The summed E-state index contributed by atoms with van der Waals surface area (Å²) in [6.07, 6.45) is 3.30. The Morgan fingerprint density at radius 1 is 1.06 bits per heavy atom. The van der Waals surface area contributed by atoms with Crippen molar-refractivity contribution in [3.63, 3.8) is 0 Å². The number of aryl methyl sites for hydroxylation is 1. The summed E-state index contributed by atoms with van der Waals surface area (Å²) in [6.45, 7) is 6.21. The second kappa shape index (κ2) is 8.13. The van der Waals surface area contributed by atoms with Crippen LogP contribution in [-0.2, 0) is 4.79 Å². The molecule has 2 aliphatic heterocycles. The highest BCUT2D eigenvalue weighted by Gasteiger charge is 2.32. The maximum absolute atomic E-state index is 13.3. The van der Waals surface area contributed by atoms with E-state index in [1.165, 1.54) is 18.5 Å². The topological polar surface area (TPSA) is 78.6 Å². The third kappa shape index (κ3) is 3.80. The summed E-state index contributed by atoms with van der Waals surface area (Å²) in [5, 5.41) is 4.83. The maximum Gasteiger partial charge on any atom is 0.263 e. The van der Waals surface area contributed by atoms with Crippen LogP contribution in [0.1, 0.15) is 18.5 Å². The number of anilines is 2. The molecule has 9 heteroatoms. The molecule has 0 aliphatic carbocycles. The fraction of sp³-hybridized carbons (Fsp3) is 0.455. The maximum atomic E-state index is 13.3. The van der Waals surface area contributed by atoms with Crippen LogP contribution in [-0.4, -0.2) is 65.2 Å². The van der Waals surface area contributed by atoms with Gasteiger partial charge in [-0.1, -0.05) is 5.16 Å². The second-order valence-corrected chi connectivity index (χ2v) is 8.22. The van der Waals surface area contributed by atoms with Gasteiger partial charge in [0.15, 0.2) is 0 Å². The molecule has 0 saturated carbocycles. The first-order valence-electron chi connectivity index (χ1n) is 10.7. The molecule has 4 heterocycles. The van der Waals surface area contributed by atoms with Crippen LogP contribution < -0.4 is 9.80 Å². The molecule has 0 N–H and O–H groups in total. The lowest BCUT2D eigenvalue weighted by atomic mass is 9.96. The molecular weight excluding hydrogens is 399 g/mol. The molecule has 5 rings (SSSR count). The largest absolute Gasteiger partial charge is 0.368 e. The molecule has 1 unspecified atom stereocenters. The lowest BCUT2D eigenvalue weighted by Crippen LogP contribution is -2.52. The molecule has 1 amide bonds. The van der Waals surface area contributed by atoms with Crippen LogP contribution >= 0.6 is 0 Å². The minimum absolute atomic E-state index is 0.0590. The van der Waals surface area contributed by atoms with E-state index < -0.39 is 0 Å². The quantitative estimate of drug-likeness (QED) is 0.640. The third-order valence-electron chi connectivity index (χ3n) is 6.28. The van der Waals surface area contributed by atoms with Crippen molar-refractivity contribution in [2.75, 3.05) is 49.1 Å². The van der Waals surface area contributed by atoms with Crippen LogP contribution in [0.5, 0.6) is 0 Å². The highest BCUT2D eigenvalue weighted by molar-refractivity contribution is 5.88. The van der Waals surface area contributed by atoms with Gasteiger partial charge in [0.1, 0.15) is 23.3 Å². The highest BCUT2D eigenvalue weighted by atomic mass is 19.1. The Hall–Kier alpha value is -3.23. The molecule has 1 atom stereocenters. The average Bonchev–Trinajstić information content (AvgIpc) is 3.20. The fourth-order valence-corrected chi connectivity index (χ4v) is 4.61. The molecule has 1 aromatic carbocycles. The summed E-state index contributed by atoms with van der Waals surface area (Å²) in [5.41, 5.74) is 2.23. The summed E-state index contributed by atoms with van der Waals surface area (Å²) in [7, 11) is 0. The highest BCUT2D eigenvalue weighted by Crippen LogP contribution is 2.30. The number of benzene rings is 1. The molecule has 31 heavy (non-hydrogen) atoms. The summed E-state index contributed by atoms with van der Waals surface area (Å²) < 4.78 is 18.5. The van der Waals surface area contributed by atoms with Gasteiger partial charge >= 0.3 is 0 Å². The van der Waals surface area contributed by atoms with Crippen molar-refractivity contribution < 1.29 is 13.7 Å². The molecule has 162 valence electrons. The predicted octanol–water partition coefficient (Wildman–Crippen LogP) is 2.63. The van der Waals surface area contributed by atoms with Crippen molar-refractivity contribution >= 4 is 28.5 Å². The number of amides is 1. The lowest BCUT2D eigenvalue weighted by Gasteiger charge is -2.40. The van der Waals surface area contributed by atoms with Gasteiger partial charge < -0.3 is 19.2 Å². The van der Waals surface area contributed by atoms with Gasteiger partial charge in [0.25, 0.3) is 5.71 Å². The molecule has 2 fully saturated rings. The van der Waals surface area contributed by atoms with E-state index in [0.717, 1.165) is 55.1 Å². The van der Waals surface area contributed by atoms with Crippen molar-refractivity contribution in [2.24, 2.45) is 5.92 Å². The first-order valence-corrected chi connectivity index (χ1v) is 10.7. The van der Waals surface area contributed by atoms with Crippen LogP contribution in [0, 0.1) is 18.7 Å². The second-order valence-electron chi connectivity index (χ2n) is 8.22. The molecule has 3 aromatic rings. The van der Waals surface area contributed by atoms with Gasteiger partial charge in [0.2, 0.25) is 5.91 Å². The van der Waals surface area contributed by atoms with Crippen molar-refractivity contribution in [3.8, 4) is 0 Å². The summed E-state index contributed by atoms with van der Waals surface area (Å²) in [6, 6.07) is 6.54. The van der Waals surface area contributed by atoms with Crippen LogP contribution in [0.3, 0.4) is 0 Å². The number of carbonyl (C=O) groups is 1. The molecule has 0 bridgehead atoms. The molecule has 0 radical (unpaired) electrons. The number of piperidine rings is 1. The molecular formula is C22H25FN6O2. The minimum Gasteiger partial charge on any atom is -0.368 e. The van der Waals surface area contributed by atoms with E-state index in [-0.39, 0.29) is 17.6 Å². The Morgan fingerprint density at radius 2 is 1.84 bits per heavy atom. The van der Waals surface area contributed by atoms with Crippen molar-refractivity contribution in [1.82, 2.24) is 20.0 Å². The number of rotatable bonds is 3. The molecule has 2 aliphatic rings. The monoisotopic (exact) mass is 424 g/mol. The number of fused-ring (bicyclic) bond motifs is 1. The predicted molar refractivity (Wildman–Crippen MR) is 114 cm³/mol. The standard InChI is InChI=1S/C22H25FN6O2/c1-15-19-20(24-14-25-21(19)31-26-15)29-8-2-3-16(13-29)22(30)28-11-9-27(10-12-28)18-6-4-17(23)5-7-18/h4-7,14,16H,2-3,8-13H2,1H3. The van der Waals surface area contributed by atoms with E-state index in [9.17, 15) is 9.18 Å². The van der Waals surface area contributed by atoms with Crippen LogP contribution in [0.2, 0.25) is 0 Å². The van der Waals surface area contributed by atoms with Gasteiger partial charge in [0, 0.05) is 45.0 Å². The number of aromatic nitrogens is 3. The van der Waals surface area contributed by atoms with Crippen molar-refractivity contribution in [1.29, 1.82) is 0 Å². The van der Waals surface area contributed by atoms with Gasteiger partial charge in [-0.05, 0) is 44.0 Å². The Bertz CT molecular complexity index is 1080. The lowest BCUT2D eigenvalue weighted by molar-refractivity contribution is -0.136. The number of carbonyl (C=O) groups excluding carboxylic acids is 1. The van der Waals surface area contributed by atoms with Crippen LogP contribution in [0.4, 0.5) is 15.9 Å². The Balaban J connectivity index is 1.25. The molecule has 8 nitrogen and oxygen atoms in total. The first-order chi connectivity index (χ1) is 15.1. The minimum atomic E-state index is -0.234. The zero-order valence-corrected chi connectivity index (χ0v) is 17.5. The van der Waals surface area contributed by atoms with Gasteiger partial charge in [-0.15, -0.1) is 0 Å². The van der Waals surface area contributed by atoms with E-state index in [0.29, 0.717) is 25.3 Å². The zero-order valence-electron chi connectivity index (χ0n) is 17.5. The summed E-state index contributed by atoms with van der Waals surface area (Å²) >= 11 is 0.